The Morgan fingerprint density at radius 1 is 1.45 bits per heavy atom. The van der Waals surface area contributed by atoms with Gasteiger partial charge in [0.25, 0.3) is 0 Å². The molecule has 0 aromatic carbocycles. The average molecular weight is 268 g/mol. The minimum absolute atomic E-state index is 0.552. The first-order chi connectivity index (χ1) is 5.33. The third kappa shape index (κ3) is 2.56. The van der Waals surface area contributed by atoms with Crippen LogP contribution in [0.15, 0.2) is 0 Å². The van der Waals surface area contributed by atoms with E-state index in [0.29, 0.717) is 5.41 Å². The maximum Gasteiger partial charge on any atom is 0.000903 e. The van der Waals surface area contributed by atoms with Crippen molar-refractivity contribution in [3.05, 3.63) is 0 Å². The summed E-state index contributed by atoms with van der Waals surface area (Å²) in [6.07, 6.45) is 3.86. The Hall–Kier alpha value is 0.650. The van der Waals surface area contributed by atoms with Crippen LogP contribution in [0.4, 0.5) is 0 Å². The van der Waals surface area contributed by atoms with Crippen molar-refractivity contribution < 1.29 is 0 Å². The Bertz CT molecular complexity index is 103. The molecule has 1 rings (SSSR count). The van der Waals surface area contributed by atoms with Crippen molar-refractivity contribution in [2.45, 2.75) is 19.3 Å². The lowest BCUT2D eigenvalue weighted by Crippen LogP contribution is -2.27. The smallest absolute Gasteiger partial charge is 0.000903 e. The van der Waals surface area contributed by atoms with E-state index in [-0.39, 0.29) is 0 Å². The number of nitrogens with one attached hydrogen (secondary N) is 1. The van der Waals surface area contributed by atoms with Crippen LogP contribution in [0.1, 0.15) is 19.3 Å². The van der Waals surface area contributed by atoms with Crippen LogP contribution in [0.3, 0.4) is 0 Å². The van der Waals surface area contributed by atoms with Crippen LogP contribution < -0.4 is 11.1 Å². The predicted octanol–water partition coefficient (Wildman–Crippen LogP) is 1.14. The van der Waals surface area contributed by atoms with Crippen molar-refractivity contribution in [2.75, 3.05) is 24.1 Å². The van der Waals surface area contributed by atoms with Gasteiger partial charge in [0.05, 0.1) is 0 Å². The molecule has 1 aliphatic heterocycles. The molecule has 1 atom stereocenters. The van der Waals surface area contributed by atoms with Crippen molar-refractivity contribution in [1.29, 1.82) is 0 Å². The fourth-order valence-corrected chi connectivity index (χ4v) is 3.00. The number of alkyl halides is 1. The molecule has 1 saturated heterocycles. The third-order valence-electron chi connectivity index (χ3n) is 2.63. The summed E-state index contributed by atoms with van der Waals surface area (Å²) in [6, 6.07) is 0. The molecule has 3 N–H and O–H groups in total. The Morgan fingerprint density at radius 2 is 2.27 bits per heavy atom. The Kier molecular flexibility index (Phi) is 4.09. The summed E-state index contributed by atoms with van der Waals surface area (Å²) in [5.74, 6) is 0. The molecule has 3 heteroatoms. The van der Waals surface area contributed by atoms with Gasteiger partial charge in [-0.3, -0.25) is 0 Å². The van der Waals surface area contributed by atoms with Gasteiger partial charge in [0.2, 0.25) is 0 Å². The molecule has 0 aromatic heterocycles. The maximum absolute atomic E-state index is 5.59. The highest BCUT2D eigenvalue weighted by Gasteiger charge is 2.31. The number of nitrogens with two attached hydrogens (primary N) is 1. The highest BCUT2D eigenvalue weighted by atomic mass is 127. The number of hydrogen-bond acceptors (Lipinski definition) is 2. The monoisotopic (exact) mass is 268 g/mol. The van der Waals surface area contributed by atoms with Crippen molar-refractivity contribution in [2.24, 2.45) is 11.1 Å². The van der Waals surface area contributed by atoms with Gasteiger partial charge < -0.3 is 11.1 Å². The molecule has 0 aromatic rings. The van der Waals surface area contributed by atoms with Gasteiger partial charge in [-0.05, 0) is 37.8 Å². The van der Waals surface area contributed by atoms with E-state index in [4.69, 9.17) is 5.73 Å². The van der Waals surface area contributed by atoms with Crippen LogP contribution >= 0.6 is 22.6 Å². The molecule has 0 spiro atoms. The van der Waals surface area contributed by atoms with Gasteiger partial charge in [-0.25, -0.2) is 0 Å². The normalized spacial score (nSPS) is 31.1. The van der Waals surface area contributed by atoms with E-state index in [0.717, 1.165) is 6.54 Å². The lowest BCUT2D eigenvalue weighted by atomic mass is 9.81. The van der Waals surface area contributed by atoms with Gasteiger partial charge in [-0.15, -0.1) is 0 Å². The molecule has 1 heterocycles. The first-order valence-electron chi connectivity index (χ1n) is 4.30. The van der Waals surface area contributed by atoms with Crippen molar-refractivity contribution in [3.63, 3.8) is 0 Å². The Morgan fingerprint density at radius 3 is 2.73 bits per heavy atom. The van der Waals surface area contributed by atoms with Gasteiger partial charge in [0.15, 0.2) is 0 Å². The molecular weight excluding hydrogens is 251 g/mol. The zero-order valence-electron chi connectivity index (χ0n) is 6.91. The SMILES string of the molecule is NCCC1(CCI)CCNC1. The average Bonchev–Trinajstić information content (AvgIpc) is 2.39. The summed E-state index contributed by atoms with van der Waals surface area (Å²) < 4.78 is 1.26. The zero-order chi connectivity index (χ0) is 8.16. The molecule has 0 saturated carbocycles. The van der Waals surface area contributed by atoms with Crippen molar-refractivity contribution >= 4 is 22.6 Å². The molecule has 0 amide bonds. The number of halogens is 1. The maximum atomic E-state index is 5.59. The molecule has 11 heavy (non-hydrogen) atoms. The lowest BCUT2D eigenvalue weighted by Gasteiger charge is -2.26. The molecule has 0 aliphatic carbocycles. The lowest BCUT2D eigenvalue weighted by molar-refractivity contribution is 0.293. The minimum atomic E-state index is 0.552. The largest absolute Gasteiger partial charge is 0.330 e. The summed E-state index contributed by atoms with van der Waals surface area (Å²) in [7, 11) is 0. The van der Waals surface area contributed by atoms with Crippen LogP contribution in [0.25, 0.3) is 0 Å². The topological polar surface area (TPSA) is 38.0 Å². The van der Waals surface area contributed by atoms with E-state index < -0.39 is 0 Å². The number of rotatable bonds is 4. The standard InChI is InChI=1S/C8H17IN2/c9-4-1-8(2-5-10)3-6-11-7-8/h11H,1-7,10H2. The summed E-state index contributed by atoms with van der Waals surface area (Å²) in [4.78, 5) is 0. The Balaban J connectivity index is 2.40. The molecule has 0 bridgehead atoms. The molecule has 66 valence electrons. The van der Waals surface area contributed by atoms with Crippen LogP contribution in [0.2, 0.25) is 0 Å². The van der Waals surface area contributed by atoms with Crippen LogP contribution in [0.5, 0.6) is 0 Å². The van der Waals surface area contributed by atoms with Gasteiger partial charge in [-0.2, -0.15) is 0 Å². The molecule has 0 radical (unpaired) electrons. The highest BCUT2D eigenvalue weighted by Crippen LogP contribution is 2.33. The zero-order valence-corrected chi connectivity index (χ0v) is 9.06. The summed E-state index contributed by atoms with van der Waals surface area (Å²) in [6.45, 7) is 3.22. The van der Waals surface area contributed by atoms with Crippen LogP contribution in [-0.4, -0.2) is 24.1 Å². The fraction of sp³-hybridized carbons (Fsp3) is 1.00. The second-order valence-electron chi connectivity index (χ2n) is 3.40. The quantitative estimate of drug-likeness (QED) is 0.592. The van der Waals surface area contributed by atoms with Gasteiger partial charge in [-0.1, -0.05) is 22.6 Å². The molecule has 1 unspecified atom stereocenters. The molecule has 1 fully saturated rings. The first-order valence-corrected chi connectivity index (χ1v) is 5.82. The molecular formula is C8H17IN2. The molecule has 1 aliphatic rings. The van der Waals surface area contributed by atoms with E-state index in [1.54, 1.807) is 0 Å². The summed E-state index contributed by atoms with van der Waals surface area (Å²) in [5, 5.41) is 3.42. The highest BCUT2D eigenvalue weighted by molar-refractivity contribution is 14.1. The van der Waals surface area contributed by atoms with E-state index >= 15 is 0 Å². The van der Waals surface area contributed by atoms with E-state index in [2.05, 4.69) is 27.9 Å². The summed E-state index contributed by atoms with van der Waals surface area (Å²) in [5.41, 5.74) is 6.15. The van der Waals surface area contributed by atoms with Gasteiger partial charge in [0.1, 0.15) is 0 Å². The van der Waals surface area contributed by atoms with Crippen molar-refractivity contribution in [3.8, 4) is 0 Å². The molecule has 2 nitrogen and oxygen atoms in total. The fourth-order valence-electron chi connectivity index (χ4n) is 1.85. The van der Waals surface area contributed by atoms with Crippen molar-refractivity contribution in [1.82, 2.24) is 5.32 Å². The van der Waals surface area contributed by atoms with E-state index in [1.165, 1.54) is 36.8 Å². The van der Waals surface area contributed by atoms with Gasteiger partial charge >= 0.3 is 0 Å². The second-order valence-corrected chi connectivity index (χ2v) is 4.48. The third-order valence-corrected chi connectivity index (χ3v) is 3.17. The van der Waals surface area contributed by atoms with Crippen LogP contribution in [-0.2, 0) is 0 Å². The van der Waals surface area contributed by atoms with Crippen LogP contribution in [0, 0.1) is 5.41 Å². The Labute approximate surface area is 82.4 Å². The minimum Gasteiger partial charge on any atom is -0.330 e. The number of hydrogen-bond donors (Lipinski definition) is 2. The second kappa shape index (κ2) is 4.62. The van der Waals surface area contributed by atoms with Gasteiger partial charge in [0, 0.05) is 11.0 Å². The van der Waals surface area contributed by atoms with E-state index in [9.17, 15) is 0 Å². The summed E-state index contributed by atoms with van der Waals surface area (Å²) >= 11 is 2.46. The predicted molar refractivity (Wildman–Crippen MR) is 57.1 cm³/mol. The first kappa shape index (κ1) is 9.74. The van der Waals surface area contributed by atoms with E-state index in [1.807, 2.05) is 0 Å².